The van der Waals surface area contributed by atoms with Crippen LogP contribution < -0.4 is 20.4 Å². The van der Waals surface area contributed by atoms with Crippen LogP contribution in [-0.2, 0) is 37.5 Å². The number of hydrogen-bond acceptors (Lipinski definition) is 14. The molecule has 0 aliphatic carbocycles. The van der Waals surface area contributed by atoms with Gasteiger partial charge >= 0.3 is 30.9 Å². The van der Waals surface area contributed by atoms with E-state index in [0.717, 1.165) is 0 Å². The molecule has 0 saturated carbocycles. The Hall–Kier alpha value is -3.00. The number of carbonyl (C=O) groups excluding carboxylic acids is 6. The molecule has 0 rings (SSSR count). The van der Waals surface area contributed by atoms with Gasteiger partial charge in [-0.15, -0.1) is 0 Å². The molecule has 0 aliphatic heterocycles. The summed E-state index contributed by atoms with van der Waals surface area (Å²) < 4.78 is 12.3. The number of hydrogen-bond donors (Lipinski definition) is 0. The molecule has 0 spiro atoms. The fourth-order valence-electron chi connectivity index (χ4n) is 0.314. The quantitative estimate of drug-likeness (QED) is 0.297. The summed E-state index contributed by atoms with van der Waals surface area (Å²) in [6, 6.07) is 0. The minimum absolute atomic E-state index is 0. The van der Waals surface area contributed by atoms with Crippen LogP contribution in [0, 0.1) is 0 Å². The number of ether oxygens (including phenoxy) is 4. The standard InChI is InChI=1S/2C3H2O7.V/c2*4-1(5)9-3(8)10-2(6)7;/h2*(H,4,5)(H,6,7);/q;;+4/p-4. The van der Waals surface area contributed by atoms with E-state index in [2.05, 4.69) is 18.9 Å². The largest absolute Gasteiger partial charge is 4.00 e. The Labute approximate surface area is 124 Å². The maximum Gasteiger partial charge on any atom is 4.00 e. The molecule has 14 nitrogen and oxygen atoms in total. The van der Waals surface area contributed by atoms with Crippen LogP contribution in [0.15, 0.2) is 0 Å². The van der Waals surface area contributed by atoms with E-state index in [0.29, 0.717) is 0 Å². The number of carboxylic acid groups (broad SMARTS) is 4. The van der Waals surface area contributed by atoms with Crippen molar-refractivity contribution in [2.24, 2.45) is 0 Å². The Morgan fingerprint density at radius 1 is 0.476 bits per heavy atom. The van der Waals surface area contributed by atoms with Crippen molar-refractivity contribution in [3.05, 3.63) is 0 Å². The van der Waals surface area contributed by atoms with E-state index in [9.17, 15) is 49.2 Å². The molecule has 1 radical (unpaired) electrons. The van der Waals surface area contributed by atoms with Gasteiger partial charge < -0.3 is 58.6 Å². The van der Waals surface area contributed by atoms with Crippen molar-refractivity contribution in [2.45, 2.75) is 0 Å². The van der Waals surface area contributed by atoms with Crippen LogP contribution in [0.1, 0.15) is 0 Å². The monoisotopic (exact) mass is 347 g/mol. The van der Waals surface area contributed by atoms with Gasteiger partial charge in [-0.05, 0) is 0 Å². The van der Waals surface area contributed by atoms with Crippen LogP contribution in [0.4, 0.5) is 28.8 Å². The molecular formula is C6O14V. The van der Waals surface area contributed by atoms with E-state index in [1.807, 2.05) is 0 Å². The molecule has 0 aromatic heterocycles. The van der Waals surface area contributed by atoms with E-state index in [4.69, 9.17) is 0 Å². The van der Waals surface area contributed by atoms with Gasteiger partial charge in [0.2, 0.25) is 0 Å². The van der Waals surface area contributed by atoms with Gasteiger partial charge in [0.1, 0.15) is 0 Å². The van der Waals surface area contributed by atoms with E-state index in [1.165, 1.54) is 0 Å². The molecule has 0 fully saturated rings. The second-order valence-electron chi connectivity index (χ2n) is 1.91. The average Bonchev–Trinajstić information content (AvgIpc) is 2.11. The molecule has 0 N–H and O–H groups in total. The van der Waals surface area contributed by atoms with Crippen molar-refractivity contribution < 1.29 is 86.7 Å². The van der Waals surface area contributed by atoms with Gasteiger partial charge in [-0.3, -0.25) is 0 Å². The van der Waals surface area contributed by atoms with Gasteiger partial charge in [0.05, 0.1) is 0 Å². The third kappa shape index (κ3) is 22.6. The zero-order valence-corrected chi connectivity index (χ0v) is 10.6. The topological polar surface area (TPSA) is 232 Å². The first-order chi connectivity index (χ1) is 9.04. The number of carbonyl (C=O) groups is 6. The molecular weight excluding hydrogens is 347 g/mol. The minimum Gasteiger partial charge on any atom is -0.467 e. The minimum atomic E-state index is -2.20. The second-order valence-corrected chi connectivity index (χ2v) is 1.91. The molecule has 15 heteroatoms. The van der Waals surface area contributed by atoms with Crippen molar-refractivity contribution in [1.29, 1.82) is 0 Å². The van der Waals surface area contributed by atoms with Crippen LogP contribution in [0.25, 0.3) is 0 Å². The van der Waals surface area contributed by atoms with E-state index in [1.54, 1.807) is 0 Å². The summed E-state index contributed by atoms with van der Waals surface area (Å²) in [6.07, 6.45) is -12.6. The van der Waals surface area contributed by atoms with Crippen molar-refractivity contribution in [3.63, 3.8) is 0 Å². The zero-order chi connectivity index (χ0) is 16.3. The van der Waals surface area contributed by atoms with Gasteiger partial charge in [0.25, 0.3) is 24.6 Å². The maximum atomic E-state index is 9.78. The fourth-order valence-corrected chi connectivity index (χ4v) is 0.314. The molecule has 0 heterocycles. The Balaban J connectivity index is -0.000000295. The summed E-state index contributed by atoms with van der Waals surface area (Å²) in [7, 11) is 0. The van der Waals surface area contributed by atoms with E-state index < -0.39 is 36.9 Å². The van der Waals surface area contributed by atoms with Gasteiger partial charge in [0.15, 0.2) is 0 Å². The molecule has 0 aromatic carbocycles. The van der Waals surface area contributed by atoms with Crippen molar-refractivity contribution in [2.75, 3.05) is 0 Å². The van der Waals surface area contributed by atoms with Gasteiger partial charge in [0, 0.05) is 0 Å². The molecule has 0 saturated heterocycles. The Morgan fingerprint density at radius 3 is 0.714 bits per heavy atom. The van der Waals surface area contributed by atoms with Crippen LogP contribution in [0.2, 0.25) is 0 Å². The molecule has 0 bridgehead atoms. The molecule has 0 unspecified atom stereocenters. The summed E-state index contributed by atoms with van der Waals surface area (Å²) in [6.45, 7) is 0. The van der Waals surface area contributed by atoms with Crippen molar-refractivity contribution in [1.82, 2.24) is 0 Å². The Kier molecular flexibility index (Phi) is 13.3. The first-order valence-electron chi connectivity index (χ1n) is 3.67. The van der Waals surface area contributed by atoms with Crippen LogP contribution in [0.3, 0.4) is 0 Å². The molecule has 113 valence electrons. The molecule has 0 aromatic rings. The van der Waals surface area contributed by atoms with Gasteiger partial charge in [-0.25, -0.2) is 9.59 Å². The third-order valence-corrected chi connectivity index (χ3v) is 0.667. The first-order valence-corrected chi connectivity index (χ1v) is 3.67. The predicted molar refractivity (Wildman–Crippen MR) is 36.7 cm³/mol. The Morgan fingerprint density at radius 2 is 0.619 bits per heavy atom. The summed E-state index contributed by atoms with van der Waals surface area (Å²) in [5.74, 6) is 0. The van der Waals surface area contributed by atoms with Crippen molar-refractivity contribution in [3.8, 4) is 0 Å². The predicted octanol–water partition coefficient (Wildman–Crippen LogP) is -4.35. The molecule has 0 amide bonds. The third-order valence-electron chi connectivity index (χ3n) is 0.667. The Bertz CT molecular complexity index is 349. The smallest absolute Gasteiger partial charge is 0.467 e. The van der Waals surface area contributed by atoms with Gasteiger partial charge in [-0.2, -0.15) is 0 Å². The second kappa shape index (κ2) is 12.1. The van der Waals surface area contributed by atoms with Crippen LogP contribution in [0.5, 0.6) is 0 Å². The van der Waals surface area contributed by atoms with Crippen LogP contribution >= 0.6 is 0 Å². The maximum absolute atomic E-state index is 9.78. The van der Waals surface area contributed by atoms with Crippen molar-refractivity contribution >= 4 is 36.9 Å². The normalized spacial score (nSPS) is 7.62. The molecule has 0 aliphatic rings. The summed E-state index contributed by atoms with van der Waals surface area (Å²) in [4.78, 5) is 56.9. The van der Waals surface area contributed by atoms with E-state index in [-0.39, 0.29) is 18.6 Å². The summed E-state index contributed by atoms with van der Waals surface area (Å²) in [5, 5.41) is 37.4. The van der Waals surface area contributed by atoms with E-state index >= 15 is 0 Å². The SMILES string of the molecule is O=C([O-])OC(=O)OC(=O)[O-].O=C([O-])OC(=O)OC(=O)[O-].[V+4]. The summed E-state index contributed by atoms with van der Waals surface area (Å²) >= 11 is 0. The fraction of sp³-hybridized carbons (Fsp3) is 0. The summed E-state index contributed by atoms with van der Waals surface area (Å²) in [5.41, 5.74) is 0. The van der Waals surface area contributed by atoms with Crippen LogP contribution in [-0.4, -0.2) is 36.9 Å². The zero-order valence-electron chi connectivity index (χ0n) is 9.16. The molecule has 0 atom stereocenters. The first kappa shape index (κ1) is 23.1. The van der Waals surface area contributed by atoms with Gasteiger partial charge in [-0.1, -0.05) is 0 Å². The average molecular weight is 347 g/mol. The molecule has 21 heavy (non-hydrogen) atoms. The number of rotatable bonds is 0.